The molecule has 0 aromatic carbocycles. The number of thioether (sulfide) groups is 1. The highest BCUT2D eigenvalue weighted by molar-refractivity contribution is 8.21. The van der Waals surface area contributed by atoms with Crippen LogP contribution < -0.4 is 5.84 Å². The average Bonchev–Trinajstić information content (AvgIpc) is 1.87. The Morgan fingerprint density at radius 1 is 1.67 bits per heavy atom. The SMILES string of the molecule is C/C=C(/Cl)S/C(Cl)=N\N. The first-order valence-electron chi connectivity index (χ1n) is 2.13. The van der Waals surface area contributed by atoms with Gasteiger partial charge >= 0.3 is 0 Å². The number of allylic oxidation sites excluding steroid dienone is 1. The molecule has 0 heterocycles. The smallest absolute Gasteiger partial charge is 0.187 e. The zero-order chi connectivity index (χ0) is 7.28. The van der Waals surface area contributed by atoms with Crippen molar-refractivity contribution in [3.8, 4) is 0 Å². The predicted molar refractivity (Wildman–Crippen MR) is 44.7 cm³/mol. The van der Waals surface area contributed by atoms with Crippen molar-refractivity contribution in [3.63, 3.8) is 0 Å². The molecular weight excluding hydrogens is 179 g/mol. The molecule has 0 aromatic rings. The lowest BCUT2D eigenvalue weighted by Gasteiger charge is -1.90. The highest BCUT2D eigenvalue weighted by Crippen LogP contribution is 2.22. The van der Waals surface area contributed by atoms with Gasteiger partial charge in [-0.1, -0.05) is 29.3 Å². The molecule has 0 atom stereocenters. The molecule has 0 saturated heterocycles. The number of nitrogens with zero attached hydrogens (tertiary/aromatic N) is 1. The van der Waals surface area contributed by atoms with Crippen LogP contribution in [-0.4, -0.2) is 4.50 Å². The van der Waals surface area contributed by atoms with E-state index in [4.69, 9.17) is 29.0 Å². The summed E-state index contributed by atoms with van der Waals surface area (Å²) in [6.07, 6.45) is 1.71. The lowest BCUT2D eigenvalue weighted by atomic mass is 10.8. The van der Waals surface area contributed by atoms with Crippen molar-refractivity contribution >= 4 is 39.5 Å². The number of rotatable bonds is 1. The van der Waals surface area contributed by atoms with Gasteiger partial charge in [0.1, 0.15) is 0 Å². The molecule has 52 valence electrons. The largest absolute Gasteiger partial charge is 0.321 e. The van der Waals surface area contributed by atoms with Crippen molar-refractivity contribution in [2.75, 3.05) is 0 Å². The summed E-state index contributed by atoms with van der Waals surface area (Å²) in [6, 6.07) is 0. The number of halogens is 2. The molecule has 0 spiro atoms. The summed E-state index contributed by atoms with van der Waals surface area (Å²) >= 11 is 12.1. The van der Waals surface area contributed by atoms with Crippen molar-refractivity contribution in [1.82, 2.24) is 0 Å². The van der Waals surface area contributed by atoms with Crippen LogP contribution >= 0.6 is 35.0 Å². The standard InChI is InChI=1S/C4H6Cl2N2S/c1-2-3(5)9-4(6)8-7/h2H,7H2,1H3/b3-2-,8-4-. The van der Waals surface area contributed by atoms with Gasteiger partial charge in [-0.05, 0) is 18.7 Å². The highest BCUT2D eigenvalue weighted by atomic mass is 35.5. The quantitative estimate of drug-likeness (QED) is 0.294. The van der Waals surface area contributed by atoms with Crippen LogP contribution in [-0.2, 0) is 0 Å². The Morgan fingerprint density at radius 2 is 2.22 bits per heavy atom. The monoisotopic (exact) mass is 184 g/mol. The Hall–Kier alpha value is 0.140. The summed E-state index contributed by atoms with van der Waals surface area (Å²) in [5.41, 5.74) is 0. The van der Waals surface area contributed by atoms with Gasteiger partial charge in [0, 0.05) is 0 Å². The van der Waals surface area contributed by atoms with E-state index < -0.39 is 0 Å². The Labute approximate surface area is 68.1 Å². The maximum Gasteiger partial charge on any atom is 0.187 e. The summed E-state index contributed by atoms with van der Waals surface area (Å²) < 4.78 is 0.798. The molecule has 0 aliphatic heterocycles. The number of hydrazone groups is 1. The molecule has 2 N–H and O–H groups in total. The van der Waals surface area contributed by atoms with E-state index in [2.05, 4.69) is 5.10 Å². The summed E-state index contributed by atoms with van der Waals surface area (Å²) in [4.78, 5) is 0. The van der Waals surface area contributed by atoms with E-state index in [0.29, 0.717) is 4.36 Å². The fourth-order valence-corrected chi connectivity index (χ4v) is 1.08. The molecule has 0 fully saturated rings. The Morgan fingerprint density at radius 3 is 2.56 bits per heavy atom. The first-order chi connectivity index (χ1) is 4.20. The molecule has 2 nitrogen and oxygen atoms in total. The van der Waals surface area contributed by atoms with Crippen LogP contribution in [0.5, 0.6) is 0 Å². The van der Waals surface area contributed by atoms with Gasteiger partial charge in [0.25, 0.3) is 0 Å². The van der Waals surface area contributed by atoms with Crippen molar-refractivity contribution in [2.45, 2.75) is 6.92 Å². The maximum atomic E-state index is 5.54. The van der Waals surface area contributed by atoms with Crippen molar-refractivity contribution in [3.05, 3.63) is 10.4 Å². The van der Waals surface area contributed by atoms with Crippen molar-refractivity contribution < 1.29 is 0 Å². The maximum absolute atomic E-state index is 5.54. The second-order valence-electron chi connectivity index (χ2n) is 1.08. The van der Waals surface area contributed by atoms with Crippen molar-refractivity contribution in [1.29, 1.82) is 0 Å². The Kier molecular flexibility index (Phi) is 5.04. The van der Waals surface area contributed by atoms with Crippen LogP contribution in [0.15, 0.2) is 15.5 Å². The van der Waals surface area contributed by atoms with Gasteiger partial charge in [-0.25, -0.2) is 0 Å². The van der Waals surface area contributed by atoms with Gasteiger partial charge in [0.2, 0.25) is 0 Å². The van der Waals surface area contributed by atoms with Gasteiger partial charge < -0.3 is 5.84 Å². The van der Waals surface area contributed by atoms with E-state index in [1.807, 2.05) is 0 Å². The van der Waals surface area contributed by atoms with Crippen LogP contribution in [0.2, 0.25) is 0 Å². The molecule has 0 aromatic heterocycles. The number of hydrogen-bond donors (Lipinski definition) is 1. The summed E-state index contributed by atoms with van der Waals surface area (Å²) in [6.45, 7) is 1.80. The van der Waals surface area contributed by atoms with Crippen LogP contribution in [0.3, 0.4) is 0 Å². The fourth-order valence-electron chi connectivity index (χ4n) is 0.166. The molecule has 0 rings (SSSR count). The van der Waals surface area contributed by atoms with Gasteiger partial charge in [0.05, 0.1) is 4.36 Å². The first-order valence-corrected chi connectivity index (χ1v) is 3.71. The minimum atomic E-state index is 0.234. The van der Waals surface area contributed by atoms with Crippen molar-refractivity contribution in [2.24, 2.45) is 10.9 Å². The molecule has 0 aliphatic carbocycles. The fraction of sp³-hybridized carbons (Fsp3) is 0.250. The lowest BCUT2D eigenvalue weighted by molar-refractivity contribution is 1.27. The van der Waals surface area contributed by atoms with Crippen LogP contribution in [0, 0.1) is 0 Å². The molecule has 0 radical (unpaired) electrons. The molecule has 9 heavy (non-hydrogen) atoms. The van der Waals surface area contributed by atoms with E-state index in [1.165, 1.54) is 0 Å². The molecule has 0 saturated carbocycles. The lowest BCUT2D eigenvalue weighted by Crippen LogP contribution is -1.85. The molecule has 0 unspecified atom stereocenters. The third-order valence-electron chi connectivity index (χ3n) is 0.510. The zero-order valence-corrected chi connectivity index (χ0v) is 7.09. The van der Waals surface area contributed by atoms with Crippen LogP contribution in [0.4, 0.5) is 0 Å². The van der Waals surface area contributed by atoms with Gasteiger partial charge in [-0.15, -0.1) is 0 Å². The van der Waals surface area contributed by atoms with Gasteiger partial charge in [-0.3, -0.25) is 0 Å². The highest BCUT2D eigenvalue weighted by Gasteiger charge is 1.95. The molecular formula is C4H6Cl2N2S. The van der Waals surface area contributed by atoms with E-state index in [1.54, 1.807) is 13.0 Å². The van der Waals surface area contributed by atoms with Gasteiger partial charge in [0.15, 0.2) is 4.50 Å². The molecule has 0 amide bonds. The molecule has 5 heteroatoms. The second-order valence-corrected chi connectivity index (χ2v) is 3.32. The summed E-state index contributed by atoms with van der Waals surface area (Å²) in [5.74, 6) is 4.82. The van der Waals surface area contributed by atoms with E-state index in [0.717, 1.165) is 11.8 Å². The Bertz CT molecular complexity index is 128. The summed E-state index contributed by atoms with van der Waals surface area (Å²) in [7, 11) is 0. The van der Waals surface area contributed by atoms with E-state index in [9.17, 15) is 0 Å². The Balaban J connectivity index is 3.75. The third-order valence-corrected chi connectivity index (χ3v) is 1.99. The minimum absolute atomic E-state index is 0.234. The van der Waals surface area contributed by atoms with Gasteiger partial charge in [-0.2, -0.15) is 5.10 Å². The topological polar surface area (TPSA) is 38.4 Å². The van der Waals surface area contributed by atoms with Crippen LogP contribution in [0.1, 0.15) is 6.92 Å². The van der Waals surface area contributed by atoms with E-state index in [-0.39, 0.29) is 4.50 Å². The first kappa shape index (κ1) is 9.14. The number of hydrogen-bond acceptors (Lipinski definition) is 3. The normalized spacial score (nSPS) is 14.1. The summed E-state index contributed by atoms with van der Waals surface area (Å²) in [5, 5.41) is 3.20. The second kappa shape index (κ2) is 4.97. The third kappa shape index (κ3) is 4.63. The minimum Gasteiger partial charge on any atom is -0.321 e. The molecule has 0 bridgehead atoms. The number of nitrogens with two attached hydrogens (primary N) is 1. The predicted octanol–water partition coefficient (Wildman–Crippen LogP) is 2.29. The average molecular weight is 185 g/mol. The van der Waals surface area contributed by atoms with E-state index >= 15 is 0 Å². The zero-order valence-electron chi connectivity index (χ0n) is 4.77. The van der Waals surface area contributed by atoms with Crippen LogP contribution in [0.25, 0.3) is 0 Å². The molecule has 0 aliphatic rings.